The van der Waals surface area contributed by atoms with Gasteiger partial charge in [0.2, 0.25) is 5.91 Å². The van der Waals surface area contributed by atoms with Crippen LogP contribution >= 0.6 is 0 Å². The first kappa shape index (κ1) is 18.0. The van der Waals surface area contributed by atoms with Gasteiger partial charge in [-0.15, -0.1) is 0 Å². The van der Waals surface area contributed by atoms with Gasteiger partial charge in [0.1, 0.15) is 0 Å². The molecule has 28 heavy (non-hydrogen) atoms. The lowest BCUT2D eigenvalue weighted by molar-refractivity contribution is -0.120. The van der Waals surface area contributed by atoms with Crippen LogP contribution < -0.4 is 5.32 Å². The van der Waals surface area contributed by atoms with Gasteiger partial charge >= 0.3 is 0 Å². The molecular weight excluding hydrogens is 352 g/mol. The van der Waals surface area contributed by atoms with Crippen LogP contribution in [0, 0.1) is 6.92 Å². The van der Waals surface area contributed by atoms with E-state index in [2.05, 4.69) is 39.1 Å². The van der Waals surface area contributed by atoms with E-state index in [0.717, 1.165) is 28.6 Å². The van der Waals surface area contributed by atoms with Crippen molar-refractivity contribution in [2.45, 2.75) is 33.4 Å². The first-order valence-electron chi connectivity index (χ1n) is 9.37. The largest absolute Gasteiger partial charge is 0.348 e. The predicted molar refractivity (Wildman–Crippen MR) is 108 cm³/mol. The number of nitrogens with zero attached hydrogens (tertiary/aromatic N) is 3. The number of fused-ring (bicyclic) bond motifs is 1. The number of para-hydroxylation sites is 1. The molecule has 0 atom stereocenters. The maximum absolute atomic E-state index is 12.4. The van der Waals surface area contributed by atoms with E-state index < -0.39 is 0 Å². The molecule has 4 rings (SSSR count). The van der Waals surface area contributed by atoms with E-state index in [1.165, 1.54) is 5.56 Å². The van der Waals surface area contributed by atoms with Gasteiger partial charge in [-0.2, -0.15) is 4.98 Å². The van der Waals surface area contributed by atoms with Crippen molar-refractivity contribution in [3.8, 4) is 11.5 Å². The molecule has 6 heteroatoms. The van der Waals surface area contributed by atoms with Crippen LogP contribution in [0.1, 0.15) is 23.9 Å². The average molecular weight is 374 g/mol. The van der Waals surface area contributed by atoms with Crippen molar-refractivity contribution in [3.05, 3.63) is 71.7 Å². The molecule has 0 bridgehead atoms. The number of amides is 1. The van der Waals surface area contributed by atoms with E-state index in [9.17, 15) is 4.79 Å². The Morgan fingerprint density at radius 3 is 2.71 bits per heavy atom. The smallest absolute Gasteiger partial charge is 0.257 e. The SMILES string of the molecule is CCn1cc(CC(=O)NCc2noc(-c3ccc(C)cc3)n2)c2ccccc21. The van der Waals surface area contributed by atoms with Crippen LogP contribution in [-0.4, -0.2) is 20.6 Å². The van der Waals surface area contributed by atoms with Crippen LogP contribution in [0.15, 0.2) is 59.3 Å². The maximum Gasteiger partial charge on any atom is 0.257 e. The zero-order valence-corrected chi connectivity index (χ0v) is 16.0. The van der Waals surface area contributed by atoms with Crippen molar-refractivity contribution >= 4 is 16.8 Å². The van der Waals surface area contributed by atoms with E-state index in [0.29, 0.717) is 18.1 Å². The summed E-state index contributed by atoms with van der Waals surface area (Å²) in [5, 5.41) is 7.95. The van der Waals surface area contributed by atoms with Gasteiger partial charge in [0.15, 0.2) is 5.82 Å². The molecule has 0 aliphatic heterocycles. The van der Waals surface area contributed by atoms with Gasteiger partial charge in [0.05, 0.1) is 13.0 Å². The maximum atomic E-state index is 12.4. The lowest BCUT2D eigenvalue weighted by atomic mass is 10.1. The zero-order valence-electron chi connectivity index (χ0n) is 16.0. The predicted octanol–water partition coefficient (Wildman–Crippen LogP) is 3.88. The Balaban J connectivity index is 1.41. The van der Waals surface area contributed by atoms with E-state index >= 15 is 0 Å². The summed E-state index contributed by atoms with van der Waals surface area (Å²) >= 11 is 0. The standard InChI is InChI=1S/C22H22N4O2/c1-3-26-14-17(18-6-4-5-7-19(18)26)12-21(27)23-13-20-24-22(28-25-20)16-10-8-15(2)9-11-16/h4-11,14H,3,12-13H2,1-2H3,(H,23,27). The van der Waals surface area contributed by atoms with Crippen LogP contribution in [0.2, 0.25) is 0 Å². The van der Waals surface area contributed by atoms with Gasteiger partial charge in [-0.3, -0.25) is 4.79 Å². The molecule has 0 aliphatic rings. The molecule has 1 N–H and O–H groups in total. The van der Waals surface area contributed by atoms with Gasteiger partial charge in [-0.1, -0.05) is 41.1 Å². The number of carbonyl (C=O) groups is 1. The lowest BCUT2D eigenvalue weighted by Gasteiger charge is -2.01. The Morgan fingerprint density at radius 1 is 1.14 bits per heavy atom. The van der Waals surface area contributed by atoms with E-state index in [-0.39, 0.29) is 12.5 Å². The number of aromatic nitrogens is 3. The normalized spacial score (nSPS) is 11.1. The fourth-order valence-electron chi connectivity index (χ4n) is 3.28. The summed E-state index contributed by atoms with van der Waals surface area (Å²) in [6, 6.07) is 16.0. The van der Waals surface area contributed by atoms with Gasteiger partial charge in [0, 0.05) is 29.2 Å². The van der Waals surface area contributed by atoms with Crippen molar-refractivity contribution in [2.24, 2.45) is 0 Å². The summed E-state index contributed by atoms with van der Waals surface area (Å²) in [6.07, 6.45) is 2.37. The zero-order chi connectivity index (χ0) is 19.5. The molecule has 0 saturated heterocycles. The molecule has 142 valence electrons. The Hall–Kier alpha value is -3.41. The highest BCUT2D eigenvalue weighted by Gasteiger charge is 2.13. The fourth-order valence-corrected chi connectivity index (χ4v) is 3.28. The summed E-state index contributed by atoms with van der Waals surface area (Å²) < 4.78 is 7.46. The number of nitrogens with one attached hydrogen (secondary N) is 1. The van der Waals surface area contributed by atoms with Crippen LogP contribution in [0.5, 0.6) is 0 Å². The molecule has 2 heterocycles. The van der Waals surface area contributed by atoms with Crippen LogP contribution in [0.25, 0.3) is 22.4 Å². The van der Waals surface area contributed by atoms with Crippen molar-refractivity contribution < 1.29 is 9.32 Å². The molecular formula is C22H22N4O2. The monoisotopic (exact) mass is 374 g/mol. The number of carbonyl (C=O) groups excluding carboxylic acids is 1. The fraction of sp³-hybridized carbons (Fsp3) is 0.227. The average Bonchev–Trinajstić information content (AvgIpc) is 3.32. The summed E-state index contributed by atoms with van der Waals surface area (Å²) in [6.45, 7) is 5.22. The molecule has 0 aliphatic carbocycles. The second-order valence-corrected chi connectivity index (χ2v) is 6.79. The molecule has 0 fully saturated rings. The Bertz CT molecular complexity index is 1110. The molecule has 0 saturated carbocycles. The minimum absolute atomic E-state index is 0.0688. The highest BCUT2D eigenvalue weighted by Crippen LogP contribution is 2.22. The summed E-state index contributed by atoms with van der Waals surface area (Å²) in [5.41, 5.74) is 4.19. The van der Waals surface area contributed by atoms with Crippen molar-refractivity contribution in [1.29, 1.82) is 0 Å². The van der Waals surface area contributed by atoms with Gasteiger partial charge in [0.25, 0.3) is 5.89 Å². The number of aryl methyl sites for hydroxylation is 2. The third kappa shape index (κ3) is 3.67. The van der Waals surface area contributed by atoms with Crippen LogP contribution in [0.4, 0.5) is 0 Å². The first-order chi connectivity index (χ1) is 13.6. The molecule has 2 aromatic heterocycles. The van der Waals surface area contributed by atoms with E-state index in [1.54, 1.807) is 0 Å². The Labute approximate surface area is 163 Å². The molecule has 2 aromatic carbocycles. The molecule has 0 unspecified atom stereocenters. The molecule has 4 aromatic rings. The molecule has 6 nitrogen and oxygen atoms in total. The highest BCUT2D eigenvalue weighted by atomic mass is 16.5. The van der Waals surface area contributed by atoms with Gasteiger partial charge in [-0.25, -0.2) is 0 Å². The van der Waals surface area contributed by atoms with E-state index in [4.69, 9.17) is 4.52 Å². The quantitative estimate of drug-likeness (QED) is 0.556. The number of rotatable bonds is 6. The molecule has 1 amide bonds. The minimum atomic E-state index is -0.0688. The van der Waals surface area contributed by atoms with Crippen molar-refractivity contribution in [3.63, 3.8) is 0 Å². The summed E-state index contributed by atoms with van der Waals surface area (Å²) in [7, 11) is 0. The third-order valence-corrected chi connectivity index (χ3v) is 4.77. The van der Waals surface area contributed by atoms with Crippen LogP contribution in [0.3, 0.4) is 0 Å². The van der Waals surface area contributed by atoms with Crippen molar-refractivity contribution in [2.75, 3.05) is 0 Å². The van der Waals surface area contributed by atoms with Gasteiger partial charge < -0.3 is 14.4 Å². The van der Waals surface area contributed by atoms with E-state index in [1.807, 2.05) is 49.5 Å². The third-order valence-electron chi connectivity index (χ3n) is 4.77. The van der Waals surface area contributed by atoms with Gasteiger partial charge in [-0.05, 0) is 37.6 Å². The first-order valence-corrected chi connectivity index (χ1v) is 9.37. The summed E-state index contributed by atoms with van der Waals surface area (Å²) in [5.74, 6) is 0.843. The number of benzene rings is 2. The number of hydrogen-bond donors (Lipinski definition) is 1. The second-order valence-electron chi connectivity index (χ2n) is 6.79. The number of hydrogen-bond acceptors (Lipinski definition) is 4. The topological polar surface area (TPSA) is 73.0 Å². The second kappa shape index (κ2) is 7.68. The Kier molecular flexibility index (Phi) is 4.93. The minimum Gasteiger partial charge on any atom is -0.348 e. The highest BCUT2D eigenvalue weighted by molar-refractivity contribution is 5.89. The molecule has 0 spiro atoms. The summed E-state index contributed by atoms with van der Waals surface area (Å²) in [4.78, 5) is 16.8. The Morgan fingerprint density at radius 2 is 1.93 bits per heavy atom. The van der Waals surface area contributed by atoms with Crippen molar-refractivity contribution in [1.82, 2.24) is 20.0 Å². The lowest BCUT2D eigenvalue weighted by Crippen LogP contribution is -2.25. The molecule has 0 radical (unpaired) electrons. The van der Waals surface area contributed by atoms with Crippen LogP contribution in [-0.2, 0) is 24.3 Å².